The lowest BCUT2D eigenvalue weighted by molar-refractivity contribution is -0.331. The number of hydrogen-bond donors (Lipinski definition) is 2. The third kappa shape index (κ3) is 8.44. The topological polar surface area (TPSA) is 169 Å². The highest BCUT2D eigenvalue weighted by atomic mass is 16.8. The van der Waals surface area contributed by atoms with Crippen molar-refractivity contribution in [3.05, 3.63) is 0 Å². The van der Waals surface area contributed by atoms with E-state index in [4.69, 9.17) is 24.7 Å². The predicted molar refractivity (Wildman–Crippen MR) is 118 cm³/mol. The number of hydrogen-bond acceptors (Lipinski definition) is 11. The molecule has 1 aliphatic rings. The molecule has 0 spiro atoms. The maximum Gasteiger partial charge on any atom is 0.309 e. The number of ketones is 2. The number of carbonyl (C=O) groups is 5. The summed E-state index contributed by atoms with van der Waals surface area (Å²) in [6.45, 7) is 5.81. The molecule has 1 heterocycles. The molecule has 0 aliphatic carbocycles. The average Bonchev–Trinajstić information content (AvgIpc) is 2.74. The van der Waals surface area contributed by atoms with Crippen LogP contribution < -0.4 is 5.73 Å². The Bertz CT molecular complexity index is 739. The minimum atomic E-state index is -2.42. The molecule has 3 N–H and O–H groups in total. The smallest absolute Gasteiger partial charge is 0.309 e. The molecule has 1 aliphatic heterocycles. The summed E-state index contributed by atoms with van der Waals surface area (Å²) < 4.78 is 22.0. The molecule has 34 heavy (non-hydrogen) atoms. The molecule has 11 heteroatoms. The number of Topliss-reactive ketones (excluding diaryl/α,β-unsaturated/α-hetero) is 2. The van der Waals surface area contributed by atoms with Crippen molar-refractivity contribution in [1.29, 1.82) is 0 Å². The monoisotopic (exact) mass is 487 g/mol. The van der Waals surface area contributed by atoms with Gasteiger partial charge in [0.1, 0.15) is 23.6 Å². The van der Waals surface area contributed by atoms with Gasteiger partial charge in [0.05, 0.1) is 6.61 Å². The van der Waals surface area contributed by atoms with Crippen molar-refractivity contribution in [3.8, 4) is 0 Å². The average molecular weight is 488 g/mol. The van der Waals surface area contributed by atoms with Crippen LogP contribution >= 0.6 is 0 Å². The molecular formula is C23H37NO10. The van der Waals surface area contributed by atoms with Gasteiger partial charge in [-0.05, 0) is 26.2 Å². The van der Waals surface area contributed by atoms with E-state index in [1.54, 1.807) is 20.8 Å². The molecule has 0 aromatic carbocycles. The summed E-state index contributed by atoms with van der Waals surface area (Å²) in [6, 6.07) is 0. The van der Waals surface area contributed by atoms with Gasteiger partial charge in [0.15, 0.2) is 12.2 Å². The first-order chi connectivity index (χ1) is 16.0. The molecule has 5 atom stereocenters. The predicted octanol–water partition coefficient (Wildman–Crippen LogP) is 1.31. The van der Waals surface area contributed by atoms with Gasteiger partial charge in [0, 0.05) is 32.1 Å². The number of carbonyl (C=O) groups excluding carboxylic acids is 5. The summed E-state index contributed by atoms with van der Waals surface area (Å²) in [4.78, 5) is 61.8. The van der Waals surface area contributed by atoms with Crippen molar-refractivity contribution in [2.24, 2.45) is 11.7 Å². The fourth-order valence-electron chi connectivity index (χ4n) is 3.64. The van der Waals surface area contributed by atoms with Gasteiger partial charge < -0.3 is 28.8 Å². The second-order valence-electron chi connectivity index (χ2n) is 8.34. The van der Waals surface area contributed by atoms with E-state index in [2.05, 4.69) is 0 Å². The molecule has 0 aromatic rings. The highest BCUT2D eigenvalue weighted by molar-refractivity contribution is 5.88. The third-order valence-electron chi connectivity index (χ3n) is 5.21. The maximum absolute atomic E-state index is 13.3. The van der Waals surface area contributed by atoms with Crippen LogP contribution in [0.15, 0.2) is 0 Å². The van der Waals surface area contributed by atoms with Crippen molar-refractivity contribution >= 4 is 29.5 Å². The van der Waals surface area contributed by atoms with E-state index >= 15 is 0 Å². The zero-order valence-electron chi connectivity index (χ0n) is 20.4. The highest BCUT2D eigenvalue weighted by Gasteiger charge is 2.61. The van der Waals surface area contributed by atoms with Crippen LogP contribution in [0, 0.1) is 5.92 Å². The quantitative estimate of drug-likeness (QED) is 0.206. The number of aliphatic hydroxyl groups is 1. The standard InChI is InChI=1S/C23H37NO10/c1-5-8-17(28)31-21-16(13-25)33-23(24,34-19(30)10-7-3)20(15(27)12-11-14(4)26)22(21)32-18(29)9-6-2/h16,20-22,25H,5-13,24H2,1-4H3/t16-,20+,21-,22-,23?/m1/s1. The van der Waals surface area contributed by atoms with E-state index in [9.17, 15) is 29.1 Å². The molecule has 0 saturated carbocycles. The van der Waals surface area contributed by atoms with Crippen LogP contribution in [0.1, 0.15) is 79.1 Å². The lowest BCUT2D eigenvalue weighted by Gasteiger charge is -2.48. The van der Waals surface area contributed by atoms with Crippen molar-refractivity contribution in [1.82, 2.24) is 0 Å². The number of aliphatic hydroxyl groups excluding tert-OH is 1. The minimum absolute atomic E-state index is 0.00166. The van der Waals surface area contributed by atoms with E-state index in [1.807, 2.05) is 0 Å². The second kappa shape index (κ2) is 14.1. The van der Waals surface area contributed by atoms with Crippen molar-refractivity contribution in [2.75, 3.05) is 6.61 Å². The van der Waals surface area contributed by atoms with Crippen molar-refractivity contribution < 1.29 is 48.0 Å². The molecule has 1 fully saturated rings. The van der Waals surface area contributed by atoms with Gasteiger partial charge in [-0.1, -0.05) is 20.8 Å². The highest BCUT2D eigenvalue weighted by Crippen LogP contribution is 2.38. The Labute approximate surface area is 199 Å². The zero-order chi connectivity index (χ0) is 25.9. The second-order valence-corrected chi connectivity index (χ2v) is 8.34. The van der Waals surface area contributed by atoms with Crippen molar-refractivity contribution in [2.45, 2.75) is 103 Å². The Kier molecular flexibility index (Phi) is 12.3. The first-order valence-corrected chi connectivity index (χ1v) is 11.7. The van der Waals surface area contributed by atoms with Gasteiger partial charge in [-0.2, -0.15) is 0 Å². The molecular weight excluding hydrogens is 450 g/mol. The van der Waals surface area contributed by atoms with Crippen LogP contribution in [0.3, 0.4) is 0 Å². The molecule has 11 nitrogen and oxygen atoms in total. The first kappa shape index (κ1) is 29.7. The van der Waals surface area contributed by atoms with Gasteiger partial charge in [-0.3, -0.25) is 24.9 Å². The molecule has 1 rings (SSSR count). The van der Waals surface area contributed by atoms with Crippen LogP contribution in [-0.2, 0) is 42.9 Å². The van der Waals surface area contributed by atoms with Gasteiger partial charge in [-0.15, -0.1) is 0 Å². The summed E-state index contributed by atoms with van der Waals surface area (Å²) in [7, 11) is 0. The van der Waals surface area contributed by atoms with Gasteiger partial charge >= 0.3 is 17.9 Å². The summed E-state index contributed by atoms with van der Waals surface area (Å²) in [5.41, 5.74) is 6.29. The van der Waals surface area contributed by atoms with E-state index in [-0.39, 0.29) is 37.9 Å². The van der Waals surface area contributed by atoms with Gasteiger partial charge in [0.25, 0.3) is 5.91 Å². The largest absolute Gasteiger partial charge is 0.457 e. The molecule has 0 amide bonds. The van der Waals surface area contributed by atoms with E-state index in [0.717, 1.165) is 0 Å². The minimum Gasteiger partial charge on any atom is -0.457 e. The lowest BCUT2D eigenvalue weighted by Crippen LogP contribution is -2.70. The molecule has 1 saturated heterocycles. The fraction of sp³-hybridized carbons (Fsp3) is 0.783. The number of rotatable bonds is 14. The zero-order valence-corrected chi connectivity index (χ0v) is 20.4. The van der Waals surface area contributed by atoms with Crippen LogP contribution in [0.5, 0.6) is 0 Å². The Morgan fingerprint density at radius 3 is 1.79 bits per heavy atom. The Balaban J connectivity index is 3.53. The molecule has 194 valence electrons. The van der Waals surface area contributed by atoms with E-state index < -0.39 is 60.4 Å². The van der Waals surface area contributed by atoms with Gasteiger partial charge in [-0.25, -0.2) is 0 Å². The summed E-state index contributed by atoms with van der Waals surface area (Å²) in [5, 5.41) is 9.95. The Morgan fingerprint density at radius 2 is 1.32 bits per heavy atom. The number of ether oxygens (including phenoxy) is 4. The summed E-state index contributed by atoms with van der Waals surface area (Å²) in [6.07, 6.45) is -3.35. The van der Waals surface area contributed by atoms with Gasteiger partial charge in [0.2, 0.25) is 0 Å². The maximum atomic E-state index is 13.3. The van der Waals surface area contributed by atoms with Crippen LogP contribution in [-0.4, -0.2) is 65.4 Å². The number of nitrogens with two attached hydrogens (primary N) is 1. The molecule has 1 unspecified atom stereocenters. The number of esters is 3. The first-order valence-electron chi connectivity index (χ1n) is 11.7. The fourth-order valence-corrected chi connectivity index (χ4v) is 3.64. The Hall–Kier alpha value is -2.37. The van der Waals surface area contributed by atoms with Crippen LogP contribution in [0.25, 0.3) is 0 Å². The SMILES string of the molecule is CCCC(=O)O[C@H]1[C@H](OC(=O)CCC)[C@H](C(=O)CCC(C)=O)C(N)(OC(=O)CCC)O[C@@H]1CO. The summed E-state index contributed by atoms with van der Waals surface area (Å²) >= 11 is 0. The van der Waals surface area contributed by atoms with E-state index in [1.165, 1.54) is 6.92 Å². The molecule has 0 aromatic heterocycles. The summed E-state index contributed by atoms with van der Waals surface area (Å²) in [5.74, 6) is -7.10. The third-order valence-corrected chi connectivity index (χ3v) is 5.21. The molecule has 0 bridgehead atoms. The van der Waals surface area contributed by atoms with E-state index in [0.29, 0.717) is 19.3 Å². The normalized spacial score (nSPS) is 26.4. The van der Waals surface area contributed by atoms with Crippen molar-refractivity contribution in [3.63, 3.8) is 0 Å². The Morgan fingerprint density at radius 1 is 0.824 bits per heavy atom. The van der Waals surface area contributed by atoms with Crippen LogP contribution in [0.4, 0.5) is 0 Å². The lowest BCUT2D eigenvalue weighted by atomic mass is 9.82. The molecule has 0 radical (unpaired) electrons. The van der Waals surface area contributed by atoms with Crippen LogP contribution in [0.2, 0.25) is 0 Å².